The highest BCUT2D eigenvalue weighted by Crippen LogP contribution is 2.25. The Hall–Kier alpha value is -3.35. The van der Waals surface area contributed by atoms with Gasteiger partial charge in [0.05, 0.1) is 5.92 Å². The van der Waals surface area contributed by atoms with Crippen molar-refractivity contribution in [2.24, 2.45) is 5.92 Å². The fraction of sp³-hybridized carbons (Fsp3) is 0.250. The molecule has 1 heterocycles. The third kappa shape index (κ3) is 4.44. The Balaban J connectivity index is 1.56. The van der Waals surface area contributed by atoms with Gasteiger partial charge in [-0.25, -0.2) is 0 Å². The van der Waals surface area contributed by atoms with Crippen molar-refractivity contribution in [1.29, 1.82) is 0 Å². The minimum atomic E-state index is -0.757. The van der Waals surface area contributed by atoms with Gasteiger partial charge in [-0.2, -0.15) is 0 Å². The lowest BCUT2D eigenvalue weighted by Crippen LogP contribution is -2.44. The van der Waals surface area contributed by atoms with Crippen LogP contribution in [0.25, 0.3) is 0 Å². The van der Waals surface area contributed by atoms with Crippen molar-refractivity contribution in [3.8, 4) is 5.75 Å². The molecule has 7 heteroatoms. The number of carbonyl (C=O) groups is 3. The Morgan fingerprint density at radius 1 is 1.11 bits per heavy atom. The van der Waals surface area contributed by atoms with E-state index < -0.39 is 12.0 Å². The number of phenols is 1. The molecule has 2 unspecified atom stereocenters. The monoisotopic (exact) mass is 367 g/mol. The van der Waals surface area contributed by atoms with Crippen molar-refractivity contribution in [2.75, 3.05) is 16.8 Å². The van der Waals surface area contributed by atoms with E-state index in [1.54, 1.807) is 24.0 Å². The van der Waals surface area contributed by atoms with Gasteiger partial charge in [-0.05, 0) is 43.3 Å². The first kappa shape index (κ1) is 18.4. The molecule has 0 spiro atoms. The van der Waals surface area contributed by atoms with Gasteiger partial charge in [-0.15, -0.1) is 0 Å². The normalized spacial score (nSPS) is 17.4. The molecule has 3 rings (SSSR count). The highest BCUT2D eigenvalue weighted by atomic mass is 16.3. The zero-order valence-corrected chi connectivity index (χ0v) is 14.9. The summed E-state index contributed by atoms with van der Waals surface area (Å²) in [6, 6.07) is 14.5. The number of benzene rings is 2. The summed E-state index contributed by atoms with van der Waals surface area (Å²) in [5, 5.41) is 14.6. The number of amides is 3. The quantitative estimate of drug-likeness (QED) is 0.703. The van der Waals surface area contributed by atoms with Crippen molar-refractivity contribution in [3.05, 3.63) is 54.6 Å². The third-order valence-corrected chi connectivity index (χ3v) is 4.45. The second-order valence-corrected chi connectivity index (χ2v) is 6.51. The van der Waals surface area contributed by atoms with Crippen LogP contribution in [0, 0.1) is 5.92 Å². The van der Waals surface area contributed by atoms with E-state index in [2.05, 4.69) is 10.6 Å². The van der Waals surface area contributed by atoms with Crippen molar-refractivity contribution in [3.63, 3.8) is 0 Å². The third-order valence-electron chi connectivity index (χ3n) is 4.45. The maximum atomic E-state index is 12.5. The molecule has 2 atom stereocenters. The fourth-order valence-corrected chi connectivity index (χ4v) is 2.93. The summed E-state index contributed by atoms with van der Waals surface area (Å²) in [6.45, 7) is 1.88. The number of hydrogen-bond donors (Lipinski definition) is 3. The van der Waals surface area contributed by atoms with Crippen LogP contribution in [0.15, 0.2) is 54.6 Å². The van der Waals surface area contributed by atoms with Crippen LogP contribution in [0.3, 0.4) is 0 Å². The van der Waals surface area contributed by atoms with Crippen LogP contribution in [0.1, 0.15) is 13.3 Å². The maximum absolute atomic E-state index is 12.5. The molecule has 7 nitrogen and oxygen atoms in total. The number of phenolic OH excluding ortho intramolecular Hbond substituents is 1. The van der Waals surface area contributed by atoms with Gasteiger partial charge in [0, 0.05) is 24.3 Å². The summed E-state index contributed by atoms with van der Waals surface area (Å²) in [5.41, 5.74) is 1.28. The lowest BCUT2D eigenvalue weighted by atomic mass is 10.1. The first-order valence-corrected chi connectivity index (χ1v) is 8.69. The highest BCUT2D eigenvalue weighted by Gasteiger charge is 2.35. The number of rotatable bonds is 5. The van der Waals surface area contributed by atoms with E-state index in [0.29, 0.717) is 12.2 Å². The van der Waals surface area contributed by atoms with E-state index in [0.717, 1.165) is 5.69 Å². The van der Waals surface area contributed by atoms with E-state index >= 15 is 0 Å². The van der Waals surface area contributed by atoms with Crippen molar-refractivity contribution < 1.29 is 19.5 Å². The zero-order chi connectivity index (χ0) is 19.4. The average molecular weight is 367 g/mol. The predicted octanol–water partition coefficient (Wildman–Crippen LogP) is 1.89. The Bertz CT molecular complexity index is 836. The molecule has 27 heavy (non-hydrogen) atoms. The minimum Gasteiger partial charge on any atom is -0.508 e. The second kappa shape index (κ2) is 7.90. The van der Waals surface area contributed by atoms with Gasteiger partial charge >= 0.3 is 0 Å². The Kier molecular flexibility index (Phi) is 5.40. The molecule has 2 aromatic carbocycles. The number of carbonyl (C=O) groups excluding carboxylic acids is 3. The molecule has 1 aliphatic rings. The summed E-state index contributed by atoms with van der Waals surface area (Å²) in [5.74, 6) is -1.21. The molecule has 1 saturated heterocycles. The molecular formula is C20H21N3O4. The Morgan fingerprint density at radius 3 is 2.44 bits per heavy atom. The summed E-state index contributed by atoms with van der Waals surface area (Å²) in [6.07, 6.45) is 0.118. The number of para-hydroxylation sites is 1. The average Bonchev–Trinajstić information content (AvgIpc) is 3.06. The number of aromatic hydroxyl groups is 1. The van der Waals surface area contributed by atoms with E-state index in [1.807, 2.05) is 30.3 Å². The Morgan fingerprint density at radius 2 is 1.78 bits per heavy atom. The molecule has 3 amide bonds. The van der Waals surface area contributed by atoms with Gasteiger partial charge in [0.15, 0.2) is 0 Å². The molecule has 2 aromatic rings. The van der Waals surface area contributed by atoms with Gasteiger partial charge in [-0.3, -0.25) is 14.4 Å². The standard InChI is InChI=1S/C20H21N3O4/c1-13(19(26)22-15-7-9-17(24)10-8-15)21-20(27)14-11-18(25)23(12-14)16-5-3-2-4-6-16/h2-10,13-14,24H,11-12H2,1H3,(H,21,27)(H,22,26). The van der Waals surface area contributed by atoms with Crippen LogP contribution >= 0.6 is 0 Å². The second-order valence-electron chi connectivity index (χ2n) is 6.51. The number of nitrogens with one attached hydrogen (secondary N) is 2. The predicted molar refractivity (Wildman–Crippen MR) is 101 cm³/mol. The molecule has 0 aromatic heterocycles. The molecule has 1 fully saturated rings. The SMILES string of the molecule is CC(NC(=O)C1CC(=O)N(c2ccccc2)C1)C(=O)Nc1ccc(O)cc1. The van der Waals surface area contributed by atoms with Crippen LogP contribution in [0.2, 0.25) is 0 Å². The highest BCUT2D eigenvalue weighted by molar-refractivity contribution is 6.02. The van der Waals surface area contributed by atoms with Gasteiger partial charge in [-0.1, -0.05) is 18.2 Å². The van der Waals surface area contributed by atoms with Crippen molar-refractivity contribution in [2.45, 2.75) is 19.4 Å². The van der Waals surface area contributed by atoms with Gasteiger partial charge in [0.2, 0.25) is 17.7 Å². The Labute approximate surface area is 157 Å². The first-order chi connectivity index (χ1) is 12.9. The zero-order valence-electron chi connectivity index (χ0n) is 14.9. The molecule has 0 radical (unpaired) electrons. The van der Waals surface area contributed by atoms with Crippen LogP contribution in [-0.2, 0) is 14.4 Å². The van der Waals surface area contributed by atoms with Gasteiger partial charge in [0.1, 0.15) is 11.8 Å². The van der Waals surface area contributed by atoms with E-state index in [9.17, 15) is 19.5 Å². The van der Waals surface area contributed by atoms with Crippen molar-refractivity contribution >= 4 is 29.1 Å². The molecule has 0 bridgehead atoms. The molecular weight excluding hydrogens is 346 g/mol. The fourth-order valence-electron chi connectivity index (χ4n) is 2.93. The molecule has 3 N–H and O–H groups in total. The van der Waals surface area contributed by atoms with Crippen LogP contribution < -0.4 is 15.5 Å². The summed E-state index contributed by atoms with van der Waals surface area (Å²) >= 11 is 0. The van der Waals surface area contributed by atoms with Gasteiger partial charge < -0.3 is 20.6 Å². The topological polar surface area (TPSA) is 98.7 Å². The maximum Gasteiger partial charge on any atom is 0.246 e. The summed E-state index contributed by atoms with van der Waals surface area (Å²) in [4.78, 5) is 38.5. The number of hydrogen-bond acceptors (Lipinski definition) is 4. The van der Waals surface area contributed by atoms with Crippen LogP contribution in [-0.4, -0.2) is 35.4 Å². The molecule has 0 saturated carbocycles. The number of anilines is 2. The van der Waals surface area contributed by atoms with Crippen LogP contribution in [0.4, 0.5) is 11.4 Å². The first-order valence-electron chi connectivity index (χ1n) is 8.69. The molecule has 1 aliphatic heterocycles. The molecule has 0 aliphatic carbocycles. The summed E-state index contributed by atoms with van der Waals surface area (Å²) < 4.78 is 0. The lowest BCUT2D eigenvalue weighted by molar-refractivity contribution is -0.129. The van der Waals surface area contributed by atoms with E-state index in [4.69, 9.17) is 0 Å². The van der Waals surface area contributed by atoms with Gasteiger partial charge in [0.25, 0.3) is 0 Å². The lowest BCUT2D eigenvalue weighted by Gasteiger charge is -2.18. The molecule has 140 valence electrons. The largest absolute Gasteiger partial charge is 0.508 e. The summed E-state index contributed by atoms with van der Waals surface area (Å²) in [7, 11) is 0. The van der Waals surface area contributed by atoms with Crippen LogP contribution in [0.5, 0.6) is 5.75 Å². The van der Waals surface area contributed by atoms with Crippen molar-refractivity contribution in [1.82, 2.24) is 5.32 Å². The minimum absolute atomic E-state index is 0.100. The smallest absolute Gasteiger partial charge is 0.246 e. The van der Waals surface area contributed by atoms with E-state index in [-0.39, 0.29) is 29.9 Å². The number of nitrogens with zero attached hydrogens (tertiary/aromatic N) is 1. The van der Waals surface area contributed by atoms with E-state index in [1.165, 1.54) is 12.1 Å².